The van der Waals surface area contributed by atoms with Crippen molar-refractivity contribution in [3.05, 3.63) is 50.4 Å². The third-order valence-corrected chi connectivity index (χ3v) is 5.69. The predicted octanol–water partition coefficient (Wildman–Crippen LogP) is -0.662. The summed E-state index contributed by atoms with van der Waals surface area (Å²) in [6.45, 7) is 3.26. The first-order valence-corrected chi connectivity index (χ1v) is 10.4. The highest BCUT2D eigenvalue weighted by molar-refractivity contribution is 5.75. The van der Waals surface area contributed by atoms with E-state index in [1.54, 1.807) is 30.7 Å². The summed E-state index contributed by atoms with van der Waals surface area (Å²) >= 11 is 0. The largest absolute Gasteiger partial charge is 0.412 e. The molecular formula is C22H26N8O3. The predicted molar refractivity (Wildman–Crippen MR) is 124 cm³/mol. The van der Waals surface area contributed by atoms with E-state index in [-0.39, 0.29) is 24.6 Å². The fourth-order valence-electron chi connectivity index (χ4n) is 4.06. The highest BCUT2D eigenvalue weighted by Gasteiger charge is 2.26. The lowest BCUT2D eigenvalue weighted by Crippen LogP contribution is -2.44. The molecule has 0 amide bonds. The van der Waals surface area contributed by atoms with Crippen molar-refractivity contribution in [2.75, 3.05) is 18.0 Å². The van der Waals surface area contributed by atoms with Crippen molar-refractivity contribution < 1.29 is 5.48 Å². The Morgan fingerprint density at radius 2 is 2.09 bits per heavy atom. The van der Waals surface area contributed by atoms with E-state index in [0.717, 1.165) is 24.0 Å². The van der Waals surface area contributed by atoms with Gasteiger partial charge in [0, 0.05) is 32.4 Å². The van der Waals surface area contributed by atoms with E-state index in [1.807, 2.05) is 4.90 Å². The van der Waals surface area contributed by atoms with E-state index in [0.29, 0.717) is 34.9 Å². The molecular weight excluding hydrogens is 424 g/mol. The van der Waals surface area contributed by atoms with Crippen LogP contribution >= 0.6 is 0 Å². The van der Waals surface area contributed by atoms with Gasteiger partial charge in [0.25, 0.3) is 5.56 Å². The molecule has 0 bridgehead atoms. The number of pyridine rings is 1. The summed E-state index contributed by atoms with van der Waals surface area (Å²) in [6.07, 6.45) is 3.38. The number of fused-ring (bicyclic) bond motifs is 1. The van der Waals surface area contributed by atoms with Crippen molar-refractivity contribution >= 4 is 17.1 Å². The third kappa shape index (κ3) is 4.24. The minimum atomic E-state index is -0.523. The smallest absolute Gasteiger partial charge is 0.332 e. The molecule has 1 aliphatic rings. The van der Waals surface area contributed by atoms with E-state index in [2.05, 4.69) is 27.9 Å². The fourth-order valence-corrected chi connectivity index (χ4v) is 4.06. The Morgan fingerprint density at radius 3 is 2.79 bits per heavy atom. The van der Waals surface area contributed by atoms with Gasteiger partial charge in [0.05, 0.1) is 24.3 Å². The van der Waals surface area contributed by atoms with Crippen molar-refractivity contribution in [3.8, 4) is 17.9 Å². The lowest BCUT2D eigenvalue weighted by molar-refractivity contribution is 0.496. The van der Waals surface area contributed by atoms with Crippen molar-refractivity contribution in [1.82, 2.24) is 23.7 Å². The second-order valence-electron chi connectivity index (χ2n) is 7.79. The summed E-state index contributed by atoms with van der Waals surface area (Å²) in [5.41, 5.74) is 6.41. The van der Waals surface area contributed by atoms with Crippen LogP contribution in [-0.2, 0) is 20.1 Å². The first-order chi connectivity index (χ1) is 15.5. The normalized spacial score (nSPS) is 15.5. The minimum Gasteiger partial charge on any atom is -0.412 e. The summed E-state index contributed by atoms with van der Waals surface area (Å²) in [5, 5.41) is 9.37. The van der Waals surface area contributed by atoms with E-state index in [9.17, 15) is 14.9 Å². The Morgan fingerprint density at radius 1 is 1.30 bits per heavy atom. The molecule has 0 aromatic carbocycles. The monoisotopic (exact) mass is 450 g/mol. The molecule has 0 radical (unpaired) electrons. The van der Waals surface area contributed by atoms with Crippen molar-refractivity contribution in [1.29, 1.82) is 5.26 Å². The van der Waals surface area contributed by atoms with Crippen LogP contribution in [0.25, 0.3) is 11.2 Å². The average molecular weight is 451 g/mol. The second-order valence-corrected chi connectivity index (χ2v) is 7.79. The molecule has 3 aromatic heterocycles. The first-order valence-electron chi connectivity index (χ1n) is 10.4. The quantitative estimate of drug-likeness (QED) is 0.516. The molecule has 4 rings (SSSR count). The van der Waals surface area contributed by atoms with Gasteiger partial charge in [0.1, 0.15) is 6.07 Å². The number of hydrogen-bond acceptors (Lipinski definition) is 7. The summed E-state index contributed by atoms with van der Waals surface area (Å²) < 4.78 is 4.20. The zero-order valence-corrected chi connectivity index (χ0v) is 18.6. The molecule has 1 aliphatic heterocycles. The summed E-state index contributed by atoms with van der Waals surface area (Å²) in [6, 6.07) is 5.32. The summed E-state index contributed by atoms with van der Waals surface area (Å²) in [5.74, 6) is 6.45. The maximum atomic E-state index is 13.5. The molecule has 4 N–H and O–H groups in total. The molecule has 33 heavy (non-hydrogen) atoms. The van der Waals surface area contributed by atoms with Gasteiger partial charge in [-0.3, -0.25) is 23.5 Å². The van der Waals surface area contributed by atoms with E-state index < -0.39 is 11.2 Å². The Balaban J connectivity index is 0.00000306. The van der Waals surface area contributed by atoms with Crippen LogP contribution in [0.1, 0.15) is 31.0 Å². The Kier molecular flexibility index (Phi) is 6.97. The molecule has 0 aliphatic carbocycles. The van der Waals surface area contributed by atoms with Gasteiger partial charge in [0.15, 0.2) is 11.2 Å². The van der Waals surface area contributed by atoms with Gasteiger partial charge in [-0.25, -0.2) is 4.79 Å². The van der Waals surface area contributed by atoms with Crippen molar-refractivity contribution in [3.63, 3.8) is 0 Å². The number of nitrogens with two attached hydrogens (primary N) is 1. The lowest BCUT2D eigenvalue weighted by atomic mass is 10.1. The topological polar surface area (TPSA) is 159 Å². The Hall–Kier alpha value is -3.93. The van der Waals surface area contributed by atoms with Crippen LogP contribution in [0.4, 0.5) is 5.95 Å². The Bertz CT molecular complexity index is 1400. The molecule has 0 spiro atoms. The molecule has 1 fully saturated rings. The summed E-state index contributed by atoms with van der Waals surface area (Å²) in [7, 11) is 1.58. The van der Waals surface area contributed by atoms with Crippen LogP contribution in [0, 0.1) is 23.2 Å². The number of piperidine rings is 1. The number of anilines is 1. The van der Waals surface area contributed by atoms with Crippen LogP contribution in [0.2, 0.25) is 0 Å². The average Bonchev–Trinajstić information content (AvgIpc) is 3.19. The minimum absolute atomic E-state index is 0. The number of rotatable bonds is 4. The molecule has 172 valence electrons. The van der Waals surface area contributed by atoms with Crippen molar-refractivity contribution in [2.24, 2.45) is 12.8 Å². The van der Waals surface area contributed by atoms with Gasteiger partial charge in [-0.15, -0.1) is 5.92 Å². The van der Waals surface area contributed by atoms with E-state index in [1.165, 1.54) is 10.8 Å². The molecule has 3 aromatic rings. The lowest BCUT2D eigenvalue weighted by Gasteiger charge is -2.31. The molecule has 1 unspecified atom stereocenters. The molecule has 4 heterocycles. The van der Waals surface area contributed by atoms with Crippen LogP contribution < -0.4 is 21.9 Å². The van der Waals surface area contributed by atoms with Gasteiger partial charge in [-0.1, -0.05) is 5.92 Å². The maximum Gasteiger partial charge on any atom is 0.332 e. The molecule has 11 heteroatoms. The highest BCUT2D eigenvalue weighted by Crippen LogP contribution is 2.22. The third-order valence-electron chi connectivity index (χ3n) is 5.69. The second kappa shape index (κ2) is 9.69. The van der Waals surface area contributed by atoms with E-state index in [4.69, 9.17) is 5.73 Å². The zero-order valence-electron chi connectivity index (χ0n) is 18.6. The van der Waals surface area contributed by atoms with Gasteiger partial charge < -0.3 is 16.1 Å². The molecule has 11 nitrogen and oxygen atoms in total. The SMILES string of the molecule is CC#CCn1c(N2CCCC(N)C2)nc2c1c(=O)n(Cc1ncccc1C#N)c(=O)n2C.O. The van der Waals surface area contributed by atoms with Crippen molar-refractivity contribution in [2.45, 2.75) is 38.9 Å². The van der Waals surface area contributed by atoms with Gasteiger partial charge in [-0.2, -0.15) is 10.2 Å². The highest BCUT2D eigenvalue weighted by atomic mass is 16.2. The first kappa shape index (κ1) is 23.7. The standard InChI is InChI=1S/C22H24N8O2.H2O/c1-3-4-11-29-18-19(26-21(29)28-10-6-8-16(24)13-28)27(2)22(32)30(20(18)31)14-17-15(12-23)7-5-9-25-17;/h5,7,9,16H,6,8,10-11,13-14,24H2,1-2H3;1H2. The maximum absolute atomic E-state index is 13.5. The van der Waals surface area contributed by atoms with Crippen LogP contribution in [0.3, 0.4) is 0 Å². The number of hydrogen-bond donors (Lipinski definition) is 1. The van der Waals surface area contributed by atoms with Gasteiger partial charge in [0.2, 0.25) is 5.95 Å². The van der Waals surface area contributed by atoms with Crippen LogP contribution in [0.15, 0.2) is 27.9 Å². The number of nitriles is 1. The van der Waals surface area contributed by atoms with Gasteiger partial charge in [-0.05, 0) is 31.9 Å². The number of aromatic nitrogens is 5. The van der Waals surface area contributed by atoms with Gasteiger partial charge >= 0.3 is 5.69 Å². The van der Waals surface area contributed by atoms with Crippen LogP contribution in [0.5, 0.6) is 0 Å². The van der Waals surface area contributed by atoms with E-state index >= 15 is 0 Å². The zero-order chi connectivity index (χ0) is 22.8. The number of nitrogens with zero attached hydrogens (tertiary/aromatic N) is 7. The Labute approximate surface area is 190 Å². The fraction of sp³-hybridized carbons (Fsp3) is 0.409. The van der Waals surface area contributed by atoms with Crippen LogP contribution in [-0.4, -0.2) is 48.3 Å². The number of aryl methyl sites for hydroxylation is 1. The molecule has 1 saturated heterocycles. The number of imidazole rings is 1. The summed E-state index contributed by atoms with van der Waals surface area (Å²) in [4.78, 5) is 37.5. The molecule has 1 atom stereocenters. The molecule has 0 saturated carbocycles.